The molecule has 0 spiro atoms. The summed E-state index contributed by atoms with van der Waals surface area (Å²) < 4.78 is 17.5. The Kier molecular flexibility index (Phi) is 7.32. The van der Waals surface area contributed by atoms with Crippen LogP contribution in [-0.4, -0.2) is 30.6 Å². The summed E-state index contributed by atoms with van der Waals surface area (Å²) in [6.07, 6.45) is 6.73. The second-order valence-electron chi connectivity index (χ2n) is 6.38. The molecule has 2 N–H and O–H groups in total. The molecule has 1 aliphatic rings. The molecule has 140 valence electrons. The lowest BCUT2D eigenvalue weighted by Gasteiger charge is -2.29. The van der Waals surface area contributed by atoms with Crippen molar-refractivity contribution < 1.29 is 23.5 Å². The molecule has 0 unspecified atom stereocenters. The highest BCUT2D eigenvalue weighted by Gasteiger charge is 2.23. The molecular weight excluding hydrogens is 339 g/mol. The van der Waals surface area contributed by atoms with Crippen molar-refractivity contribution in [3.05, 3.63) is 41.7 Å². The van der Waals surface area contributed by atoms with E-state index in [2.05, 4.69) is 17.6 Å². The van der Waals surface area contributed by atoms with Crippen molar-refractivity contribution in [2.75, 3.05) is 6.61 Å². The fourth-order valence-electron chi connectivity index (χ4n) is 2.82. The highest BCUT2D eigenvalue weighted by Crippen LogP contribution is 2.23. The Hall–Kier alpha value is -2.70. The van der Waals surface area contributed by atoms with Crippen LogP contribution in [0.3, 0.4) is 0 Å². The van der Waals surface area contributed by atoms with E-state index in [1.165, 1.54) is 30.3 Å². The predicted octanol–water partition coefficient (Wildman–Crippen LogP) is 2.79. The molecule has 2 atom stereocenters. The third-order valence-corrected chi connectivity index (χ3v) is 4.31. The SMILES string of the molecule is C[C@H]1CCCC[C@H]1NC(=O)NC(=O)COC(=O)/C=C/c1ccc(F)cc1. The topological polar surface area (TPSA) is 84.5 Å². The first kappa shape index (κ1) is 19.6. The Morgan fingerprint density at radius 1 is 1.19 bits per heavy atom. The summed E-state index contributed by atoms with van der Waals surface area (Å²) in [7, 11) is 0. The quantitative estimate of drug-likeness (QED) is 0.623. The van der Waals surface area contributed by atoms with Crippen molar-refractivity contribution in [1.29, 1.82) is 0 Å². The first-order valence-electron chi connectivity index (χ1n) is 8.65. The maximum Gasteiger partial charge on any atom is 0.331 e. The second kappa shape index (κ2) is 9.70. The largest absolute Gasteiger partial charge is 0.452 e. The summed E-state index contributed by atoms with van der Waals surface area (Å²) in [6.45, 7) is 1.52. The van der Waals surface area contributed by atoms with Gasteiger partial charge in [-0.15, -0.1) is 0 Å². The molecule has 26 heavy (non-hydrogen) atoms. The van der Waals surface area contributed by atoms with Crippen LogP contribution in [0.5, 0.6) is 0 Å². The van der Waals surface area contributed by atoms with Crippen LogP contribution in [0.25, 0.3) is 6.08 Å². The average Bonchev–Trinajstić information content (AvgIpc) is 2.61. The number of rotatable bonds is 5. The minimum absolute atomic E-state index is 0.0535. The molecule has 7 heteroatoms. The minimum Gasteiger partial charge on any atom is -0.452 e. The van der Waals surface area contributed by atoms with Gasteiger partial charge in [0.2, 0.25) is 0 Å². The summed E-state index contributed by atoms with van der Waals surface area (Å²) in [4.78, 5) is 35.1. The fraction of sp³-hybridized carbons (Fsp3) is 0.421. The lowest BCUT2D eigenvalue weighted by Crippen LogP contribution is -2.48. The third-order valence-electron chi connectivity index (χ3n) is 4.31. The number of hydrogen-bond donors (Lipinski definition) is 2. The van der Waals surface area contributed by atoms with E-state index in [-0.39, 0.29) is 11.9 Å². The van der Waals surface area contributed by atoms with Crippen molar-refractivity contribution in [1.82, 2.24) is 10.6 Å². The van der Waals surface area contributed by atoms with E-state index < -0.39 is 24.5 Å². The summed E-state index contributed by atoms with van der Waals surface area (Å²) in [5.74, 6) is -1.43. The predicted molar refractivity (Wildman–Crippen MR) is 94.5 cm³/mol. The number of imide groups is 1. The van der Waals surface area contributed by atoms with Crippen molar-refractivity contribution in [2.45, 2.75) is 38.6 Å². The van der Waals surface area contributed by atoms with Crippen LogP contribution < -0.4 is 10.6 Å². The van der Waals surface area contributed by atoms with Crippen molar-refractivity contribution >= 4 is 24.0 Å². The number of ether oxygens (including phenoxy) is 1. The first-order chi connectivity index (χ1) is 12.4. The van der Waals surface area contributed by atoms with Crippen LogP contribution in [0.1, 0.15) is 38.2 Å². The summed E-state index contributed by atoms with van der Waals surface area (Å²) >= 11 is 0. The van der Waals surface area contributed by atoms with Crippen molar-refractivity contribution in [3.8, 4) is 0 Å². The number of halogens is 1. The second-order valence-corrected chi connectivity index (χ2v) is 6.38. The molecule has 0 aliphatic heterocycles. The van der Waals surface area contributed by atoms with E-state index in [0.717, 1.165) is 31.8 Å². The molecule has 6 nitrogen and oxygen atoms in total. The van der Waals surface area contributed by atoms with Crippen LogP contribution in [0.2, 0.25) is 0 Å². The van der Waals surface area contributed by atoms with E-state index in [4.69, 9.17) is 4.74 Å². The standard InChI is InChI=1S/C19H23FN2O4/c1-13-4-2-3-5-16(13)21-19(25)22-17(23)12-26-18(24)11-8-14-6-9-15(20)10-7-14/h6-11,13,16H,2-5,12H2,1H3,(H2,21,22,23,25)/b11-8+/t13-,16+/m0/s1. The van der Waals surface area contributed by atoms with E-state index in [9.17, 15) is 18.8 Å². The van der Waals surface area contributed by atoms with Gasteiger partial charge in [0, 0.05) is 12.1 Å². The molecule has 0 bridgehead atoms. The number of carbonyl (C=O) groups excluding carboxylic acids is 3. The number of urea groups is 1. The Labute approximate surface area is 151 Å². The molecule has 0 aromatic heterocycles. The van der Waals surface area contributed by atoms with Crippen molar-refractivity contribution in [3.63, 3.8) is 0 Å². The lowest BCUT2D eigenvalue weighted by atomic mass is 9.86. The van der Waals surface area contributed by atoms with E-state index >= 15 is 0 Å². The molecule has 1 aromatic rings. The molecule has 1 aromatic carbocycles. The van der Waals surface area contributed by atoms with Gasteiger partial charge in [-0.2, -0.15) is 0 Å². The van der Waals surface area contributed by atoms with Gasteiger partial charge in [0.1, 0.15) is 5.82 Å². The van der Waals surface area contributed by atoms with E-state index in [1.807, 2.05) is 0 Å². The zero-order valence-electron chi connectivity index (χ0n) is 14.7. The summed E-state index contributed by atoms with van der Waals surface area (Å²) in [5.41, 5.74) is 0.619. The molecule has 1 aliphatic carbocycles. The highest BCUT2D eigenvalue weighted by molar-refractivity contribution is 5.96. The monoisotopic (exact) mass is 362 g/mol. The van der Waals surface area contributed by atoms with Gasteiger partial charge in [-0.3, -0.25) is 10.1 Å². The molecule has 0 heterocycles. The van der Waals surface area contributed by atoms with Crippen LogP contribution in [0.4, 0.5) is 9.18 Å². The van der Waals surface area contributed by atoms with Gasteiger partial charge >= 0.3 is 12.0 Å². The molecule has 2 rings (SSSR count). The third kappa shape index (κ3) is 6.66. The van der Waals surface area contributed by atoms with Gasteiger partial charge in [0.05, 0.1) is 0 Å². The Balaban J connectivity index is 1.69. The maximum absolute atomic E-state index is 12.8. The molecule has 0 saturated heterocycles. The van der Waals surface area contributed by atoms with E-state index in [0.29, 0.717) is 11.5 Å². The Morgan fingerprint density at radius 2 is 1.88 bits per heavy atom. The number of nitrogens with one attached hydrogen (secondary N) is 2. The van der Waals surface area contributed by atoms with Gasteiger partial charge < -0.3 is 10.1 Å². The smallest absolute Gasteiger partial charge is 0.331 e. The van der Waals surface area contributed by atoms with Crippen LogP contribution in [0, 0.1) is 11.7 Å². The van der Waals surface area contributed by atoms with Gasteiger partial charge in [0.15, 0.2) is 6.61 Å². The molecule has 1 fully saturated rings. The van der Waals surface area contributed by atoms with Gasteiger partial charge in [0.25, 0.3) is 5.91 Å². The molecule has 3 amide bonds. The number of benzene rings is 1. The van der Waals surface area contributed by atoms with Crippen LogP contribution in [0.15, 0.2) is 30.3 Å². The molecule has 0 radical (unpaired) electrons. The molecular formula is C19H23FN2O4. The Morgan fingerprint density at radius 3 is 2.58 bits per heavy atom. The normalized spacial score (nSPS) is 19.8. The molecule has 1 saturated carbocycles. The average molecular weight is 362 g/mol. The fourth-order valence-corrected chi connectivity index (χ4v) is 2.82. The maximum atomic E-state index is 12.8. The summed E-state index contributed by atoms with van der Waals surface area (Å²) in [6, 6.07) is 5.02. The van der Waals surface area contributed by atoms with Crippen LogP contribution in [-0.2, 0) is 14.3 Å². The zero-order valence-corrected chi connectivity index (χ0v) is 14.7. The van der Waals surface area contributed by atoms with Gasteiger partial charge in [-0.25, -0.2) is 14.0 Å². The number of hydrogen-bond acceptors (Lipinski definition) is 4. The van der Waals surface area contributed by atoms with E-state index in [1.54, 1.807) is 0 Å². The number of esters is 1. The van der Waals surface area contributed by atoms with Crippen molar-refractivity contribution in [2.24, 2.45) is 5.92 Å². The Bertz CT molecular complexity index is 673. The number of amides is 3. The highest BCUT2D eigenvalue weighted by atomic mass is 19.1. The summed E-state index contributed by atoms with van der Waals surface area (Å²) in [5, 5.41) is 4.93. The van der Waals surface area contributed by atoms with Gasteiger partial charge in [-0.1, -0.05) is 31.9 Å². The van der Waals surface area contributed by atoms with Gasteiger partial charge in [-0.05, 0) is 42.5 Å². The van der Waals surface area contributed by atoms with Crippen LogP contribution >= 0.6 is 0 Å². The lowest BCUT2D eigenvalue weighted by molar-refractivity contribution is -0.143. The zero-order chi connectivity index (χ0) is 18.9. The minimum atomic E-state index is -0.731. The first-order valence-corrected chi connectivity index (χ1v) is 8.65. The number of carbonyl (C=O) groups is 3.